The van der Waals surface area contributed by atoms with E-state index in [1.165, 1.54) is 30.7 Å². The van der Waals surface area contributed by atoms with E-state index in [0.717, 1.165) is 18.6 Å². The van der Waals surface area contributed by atoms with Crippen LogP contribution in [0.15, 0.2) is 36.4 Å². The molecule has 2 N–H and O–H groups in total. The molecule has 2 heterocycles. The fraction of sp³-hybridized carbons (Fsp3) is 0.625. The third-order valence-corrected chi connectivity index (χ3v) is 5.06. The van der Waals surface area contributed by atoms with E-state index in [0.29, 0.717) is 18.7 Å². The van der Waals surface area contributed by atoms with Crippen LogP contribution in [-0.4, -0.2) is 23.6 Å². The topological polar surface area (TPSA) is 38.5 Å². The second-order valence-corrected chi connectivity index (χ2v) is 6.38. The molecule has 0 amide bonds. The Bertz CT molecular complexity index is 444. The molecule has 1 aliphatic carbocycles. The van der Waals surface area contributed by atoms with Gasteiger partial charge < -0.3 is 15.4 Å². The van der Waals surface area contributed by atoms with Gasteiger partial charge in [-0.15, -0.1) is 0 Å². The van der Waals surface area contributed by atoms with Crippen LogP contribution in [0.4, 0.5) is 0 Å². The van der Waals surface area contributed by atoms with Gasteiger partial charge in [-0.3, -0.25) is 0 Å². The summed E-state index contributed by atoms with van der Waals surface area (Å²) in [4.78, 5) is 2.38. The maximum absolute atomic E-state index is 6.05. The van der Waals surface area contributed by atoms with Gasteiger partial charge in [0.25, 0.3) is 0 Å². The van der Waals surface area contributed by atoms with Crippen molar-refractivity contribution in [2.75, 3.05) is 6.61 Å². The molecule has 0 bridgehead atoms. The molecule has 104 valence electrons. The molecule has 0 aromatic rings. The zero-order valence-corrected chi connectivity index (χ0v) is 11.8. The van der Waals surface area contributed by atoms with Crippen LogP contribution in [0.25, 0.3) is 0 Å². The van der Waals surface area contributed by atoms with Crippen molar-refractivity contribution in [3.8, 4) is 0 Å². The van der Waals surface area contributed by atoms with Crippen molar-refractivity contribution >= 4 is 0 Å². The first kappa shape index (κ1) is 12.8. The van der Waals surface area contributed by atoms with E-state index in [1.54, 1.807) is 0 Å². The van der Waals surface area contributed by atoms with Crippen LogP contribution in [0, 0.1) is 5.41 Å². The fourth-order valence-corrected chi connectivity index (χ4v) is 4.01. The predicted molar refractivity (Wildman–Crippen MR) is 77.1 cm³/mol. The van der Waals surface area contributed by atoms with Crippen molar-refractivity contribution < 1.29 is 4.74 Å². The average Bonchev–Trinajstić information content (AvgIpc) is 2.87. The smallest absolute Gasteiger partial charge is 0.128 e. The molecule has 3 nitrogen and oxygen atoms in total. The van der Waals surface area contributed by atoms with Crippen LogP contribution in [-0.2, 0) is 4.74 Å². The molecule has 3 rings (SSSR count). The number of ether oxygens (including phenoxy) is 1. The summed E-state index contributed by atoms with van der Waals surface area (Å²) in [6, 6.07) is 0.888. The monoisotopic (exact) mass is 260 g/mol. The van der Waals surface area contributed by atoms with Crippen LogP contribution in [0.1, 0.15) is 39.0 Å². The second-order valence-electron chi connectivity index (χ2n) is 6.38. The highest BCUT2D eigenvalue weighted by molar-refractivity contribution is 5.31. The van der Waals surface area contributed by atoms with Gasteiger partial charge in [0.05, 0.1) is 5.70 Å². The number of nitrogens with zero attached hydrogens (tertiary/aromatic N) is 1. The van der Waals surface area contributed by atoms with E-state index in [4.69, 9.17) is 10.5 Å². The van der Waals surface area contributed by atoms with Crippen molar-refractivity contribution in [1.29, 1.82) is 0 Å². The third-order valence-electron chi connectivity index (χ3n) is 5.06. The van der Waals surface area contributed by atoms with Crippen molar-refractivity contribution in [1.82, 2.24) is 4.90 Å². The highest BCUT2D eigenvalue weighted by Crippen LogP contribution is 2.53. The van der Waals surface area contributed by atoms with Gasteiger partial charge in [-0.1, -0.05) is 13.2 Å². The van der Waals surface area contributed by atoms with E-state index in [-0.39, 0.29) is 5.41 Å². The Labute approximate surface area is 115 Å². The van der Waals surface area contributed by atoms with Gasteiger partial charge in [0.15, 0.2) is 0 Å². The van der Waals surface area contributed by atoms with E-state index in [1.807, 2.05) is 0 Å². The Kier molecular flexibility index (Phi) is 2.97. The quantitative estimate of drug-likeness (QED) is 0.788. The van der Waals surface area contributed by atoms with Crippen LogP contribution in [0.5, 0.6) is 0 Å². The molecule has 3 aliphatic rings. The molecule has 19 heavy (non-hydrogen) atoms. The molecule has 3 heteroatoms. The molecule has 2 fully saturated rings. The van der Waals surface area contributed by atoms with Gasteiger partial charge in [-0.25, -0.2) is 0 Å². The lowest BCUT2D eigenvalue weighted by atomic mass is 9.70. The lowest BCUT2D eigenvalue weighted by Crippen LogP contribution is -2.34. The summed E-state index contributed by atoms with van der Waals surface area (Å²) in [5, 5.41) is 0. The molecule has 1 saturated carbocycles. The molecule has 1 saturated heterocycles. The second kappa shape index (κ2) is 4.41. The SMILES string of the molecule is C=C1C=C(N2C(=C)C3(CCC(N)CC3)C[C@@H]2C)CO1. The van der Waals surface area contributed by atoms with E-state index >= 15 is 0 Å². The molecule has 0 radical (unpaired) electrons. The van der Waals surface area contributed by atoms with Crippen LogP contribution in [0.2, 0.25) is 0 Å². The van der Waals surface area contributed by atoms with E-state index in [2.05, 4.69) is 31.1 Å². The number of likely N-dealkylation sites (tertiary alicyclic amines) is 1. The summed E-state index contributed by atoms with van der Waals surface area (Å²) < 4.78 is 5.48. The van der Waals surface area contributed by atoms with Crippen LogP contribution >= 0.6 is 0 Å². The summed E-state index contributed by atoms with van der Waals surface area (Å²) in [5.41, 5.74) is 8.82. The summed E-state index contributed by atoms with van der Waals surface area (Å²) >= 11 is 0. The molecule has 0 unspecified atom stereocenters. The zero-order chi connectivity index (χ0) is 13.6. The number of hydrogen-bond donors (Lipinski definition) is 1. The first-order valence-corrected chi connectivity index (χ1v) is 7.28. The van der Waals surface area contributed by atoms with Crippen LogP contribution in [0.3, 0.4) is 0 Å². The highest BCUT2D eigenvalue weighted by atomic mass is 16.5. The minimum absolute atomic E-state index is 0.278. The standard InChI is InChI=1S/C16H24N2O/c1-11-9-16(6-4-14(17)5-7-16)13(3)18(11)15-8-12(2)19-10-15/h8,11,14H,2-7,9-10,17H2,1H3/t11-,14?,16?/m0/s1. The van der Waals surface area contributed by atoms with Crippen LogP contribution < -0.4 is 5.73 Å². The zero-order valence-electron chi connectivity index (χ0n) is 11.8. The molecule has 1 spiro atoms. The Hall–Kier alpha value is -1.22. The molecular weight excluding hydrogens is 236 g/mol. The number of hydrogen-bond acceptors (Lipinski definition) is 3. The van der Waals surface area contributed by atoms with E-state index < -0.39 is 0 Å². The first-order chi connectivity index (χ1) is 9.02. The summed E-state index contributed by atoms with van der Waals surface area (Å²) in [5.74, 6) is 0.765. The Balaban J connectivity index is 1.83. The number of rotatable bonds is 1. The van der Waals surface area contributed by atoms with Gasteiger partial charge in [0, 0.05) is 29.3 Å². The molecule has 0 aromatic heterocycles. The first-order valence-electron chi connectivity index (χ1n) is 7.28. The van der Waals surface area contributed by atoms with Crippen molar-refractivity contribution in [3.63, 3.8) is 0 Å². The van der Waals surface area contributed by atoms with Gasteiger partial charge in [-0.2, -0.15) is 0 Å². The normalized spacial score (nSPS) is 38.8. The highest BCUT2D eigenvalue weighted by Gasteiger charge is 2.47. The maximum atomic E-state index is 6.05. The predicted octanol–water partition coefficient (Wildman–Crippen LogP) is 2.91. The van der Waals surface area contributed by atoms with E-state index in [9.17, 15) is 0 Å². The Morgan fingerprint density at radius 3 is 2.63 bits per heavy atom. The van der Waals surface area contributed by atoms with Crippen molar-refractivity contribution in [2.24, 2.45) is 11.1 Å². The minimum Gasteiger partial charge on any atom is -0.488 e. The van der Waals surface area contributed by atoms with Gasteiger partial charge in [0.2, 0.25) is 0 Å². The van der Waals surface area contributed by atoms with Gasteiger partial charge in [0.1, 0.15) is 12.4 Å². The average molecular weight is 260 g/mol. The van der Waals surface area contributed by atoms with Crippen molar-refractivity contribution in [3.05, 3.63) is 36.4 Å². The van der Waals surface area contributed by atoms with Gasteiger partial charge >= 0.3 is 0 Å². The molecular formula is C16H24N2O. The number of nitrogens with two attached hydrogens (primary N) is 1. The summed E-state index contributed by atoms with van der Waals surface area (Å²) in [6.45, 7) is 11.2. The minimum atomic E-state index is 0.278. The largest absolute Gasteiger partial charge is 0.488 e. The van der Waals surface area contributed by atoms with Crippen molar-refractivity contribution in [2.45, 2.75) is 51.1 Å². The molecule has 0 aromatic carbocycles. The molecule has 1 atom stereocenters. The lowest BCUT2D eigenvalue weighted by molar-refractivity contribution is 0.221. The fourth-order valence-electron chi connectivity index (χ4n) is 4.01. The summed E-state index contributed by atoms with van der Waals surface area (Å²) in [7, 11) is 0. The third kappa shape index (κ3) is 2.00. The number of allylic oxidation sites excluding steroid dienone is 2. The summed E-state index contributed by atoms with van der Waals surface area (Å²) in [6.07, 6.45) is 7.87. The van der Waals surface area contributed by atoms with Gasteiger partial charge in [-0.05, 0) is 39.0 Å². The Morgan fingerprint density at radius 1 is 1.37 bits per heavy atom. The molecule has 2 aliphatic heterocycles. The Morgan fingerprint density at radius 2 is 2.05 bits per heavy atom. The maximum Gasteiger partial charge on any atom is 0.128 e. The lowest BCUT2D eigenvalue weighted by Gasteiger charge is -2.37.